The summed E-state index contributed by atoms with van der Waals surface area (Å²) < 4.78 is 16.6. The average molecular weight is 258 g/mol. The summed E-state index contributed by atoms with van der Waals surface area (Å²) in [5.41, 5.74) is 6.28. The van der Waals surface area contributed by atoms with Gasteiger partial charge in [-0.3, -0.25) is 0 Å². The lowest BCUT2D eigenvalue weighted by Gasteiger charge is -2.17. The standard InChI is InChI=1S/C12H16ClNO3/c1-12(2)16-7-9(17-12)6-15-11-5-8(14)3-4-10(11)13/h3-5,9H,6-7,14H2,1-2H3. The van der Waals surface area contributed by atoms with Crippen molar-refractivity contribution in [2.24, 2.45) is 0 Å². The van der Waals surface area contributed by atoms with Crippen LogP contribution in [0, 0.1) is 0 Å². The first-order valence-electron chi connectivity index (χ1n) is 5.46. The molecule has 1 aromatic rings. The summed E-state index contributed by atoms with van der Waals surface area (Å²) in [5.74, 6) is 0.0352. The maximum Gasteiger partial charge on any atom is 0.163 e. The third-order valence-corrected chi connectivity index (χ3v) is 2.76. The van der Waals surface area contributed by atoms with E-state index >= 15 is 0 Å². The first kappa shape index (κ1) is 12.5. The minimum Gasteiger partial charge on any atom is -0.489 e. The van der Waals surface area contributed by atoms with Crippen LogP contribution >= 0.6 is 11.6 Å². The van der Waals surface area contributed by atoms with E-state index in [0.717, 1.165) is 0 Å². The Morgan fingerprint density at radius 1 is 1.53 bits per heavy atom. The van der Waals surface area contributed by atoms with E-state index in [2.05, 4.69) is 0 Å². The predicted octanol–water partition coefficient (Wildman–Crippen LogP) is 2.45. The van der Waals surface area contributed by atoms with Gasteiger partial charge in [0.25, 0.3) is 0 Å². The lowest BCUT2D eigenvalue weighted by atomic mass is 10.3. The minimum absolute atomic E-state index is 0.0810. The summed E-state index contributed by atoms with van der Waals surface area (Å²) in [5, 5.41) is 0.539. The third kappa shape index (κ3) is 3.25. The van der Waals surface area contributed by atoms with Crippen molar-refractivity contribution in [1.82, 2.24) is 0 Å². The number of anilines is 1. The highest BCUT2D eigenvalue weighted by atomic mass is 35.5. The molecule has 0 amide bonds. The second kappa shape index (κ2) is 4.72. The molecule has 2 N–H and O–H groups in total. The van der Waals surface area contributed by atoms with Gasteiger partial charge in [-0.2, -0.15) is 0 Å². The van der Waals surface area contributed by atoms with Crippen LogP contribution in [0.4, 0.5) is 5.69 Å². The first-order chi connectivity index (χ1) is 7.96. The van der Waals surface area contributed by atoms with Crippen molar-refractivity contribution in [3.63, 3.8) is 0 Å². The molecule has 1 fully saturated rings. The second-order valence-electron chi connectivity index (χ2n) is 4.45. The lowest BCUT2D eigenvalue weighted by molar-refractivity contribution is -0.141. The van der Waals surface area contributed by atoms with Crippen LogP contribution in [0.3, 0.4) is 0 Å². The number of nitrogen functional groups attached to an aromatic ring is 1. The number of hydrogen-bond acceptors (Lipinski definition) is 4. The summed E-state index contributed by atoms with van der Waals surface area (Å²) in [6, 6.07) is 5.14. The predicted molar refractivity (Wildman–Crippen MR) is 66.3 cm³/mol. The van der Waals surface area contributed by atoms with E-state index in [0.29, 0.717) is 29.7 Å². The summed E-state index contributed by atoms with van der Waals surface area (Å²) in [6.45, 7) is 4.67. The molecule has 0 bridgehead atoms. The van der Waals surface area contributed by atoms with E-state index in [1.807, 2.05) is 13.8 Å². The lowest BCUT2D eigenvalue weighted by Crippen LogP contribution is -2.25. The van der Waals surface area contributed by atoms with Crippen molar-refractivity contribution in [3.05, 3.63) is 23.2 Å². The molecule has 0 spiro atoms. The zero-order valence-corrected chi connectivity index (χ0v) is 10.7. The van der Waals surface area contributed by atoms with Crippen LogP contribution in [0.25, 0.3) is 0 Å². The van der Waals surface area contributed by atoms with Crippen LogP contribution in [0.15, 0.2) is 18.2 Å². The van der Waals surface area contributed by atoms with Gasteiger partial charge in [0.05, 0.1) is 11.6 Å². The number of halogens is 1. The number of ether oxygens (including phenoxy) is 3. The van der Waals surface area contributed by atoms with E-state index in [9.17, 15) is 0 Å². The van der Waals surface area contributed by atoms with Crippen LogP contribution < -0.4 is 10.5 Å². The molecule has 0 saturated carbocycles. The maximum atomic E-state index is 5.99. The Morgan fingerprint density at radius 3 is 2.94 bits per heavy atom. The number of hydrogen-bond donors (Lipinski definition) is 1. The van der Waals surface area contributed by atoms with Crippen LogP contribution in [0.1, 0.15) is 13.8 Å². The summed E-state index contributed by atoms with van der Waals surface area (Å²) in [6.07, 6.45) is -0.0810. The zero-order valence-electron chi connectivity index (χ0n) is 9.90. The molecule has 1 aliphatic rings. The van der Waals surface area contributed by atoms with Gasteiger partial charge in [0.1, 0.15) is 18.5 Å². The number of nitrogens with two attached hydrogens (primary N) is 1. The Hall–Kier alpha value is -0.970. The van der Waals surface area contributed by atoms with E-state index in [1.54, 1.807) is 18.2 Å². The van der Waals surface area contributed by atoms with Gasteiger partial charge in [-0.25, -0.2) is 0 Å². The molecule has 1 heterocycles. The summed E-state index contributed by atoms with van der Waals surface area (Å²) >= 11 is 5.99. The quantitative estimate of drug-likeness (QED) is 0.845. The van der Waals surface area contributed by atoms with Gasteiger partial charge in [-0.05, 0) is 26.0 Å². The van der Waals surface area contributed by atoms with Crippen molar-refractivity contribution < 1.29 is 14.2 Å². The first-order valence-corrected chi connectivity index (χ1v) is 5.84. The van der Waals surface area contributed by atoms with Crippen molar-refractivity contribution in [2.75, 3.05) is 18.9 Å². The molecule has 1 aromatic carbocycles. The van der Waals surface area contributed by atoms with Gasteiger partial charge in [-0.1, -0.05) is 11.6 Å². The molecule has 0 radical (unpaired) electrons. The fourth-order valence-electron chi connectivity index (χ4n) is 1.66. The Labute approximate surface area is 106 Å². The Morgan fingerprint density at radius 2 is 2.29 bits per heavy atom. The molecule has 1 unspecified atom stereocenters. The van der Waals surface area contributed by atoms with E-state index < -0.39 is 5.79 Å². The largest absolute Gasteiger partial charge is 0.489 e. The Bertz CT molecular complexity index is 409. The molecule has 0 aromatic heterocycles. The SMILES string of the molecule is CC1(C)OCC(COc2cc(N)ccc2Cl)O1. The monoisotopic (exact) mass is 257 g/mol. The molecule has 1 aliphatic heterocycles. The number of rotatable bonds is 3. The molecule has 5 heteroatoms. The highest BCUT2D eigenvalue weighted by Gasteiger charge is 2.33. The topological polar surface area (TPSA) is 53.7 Å². The van der Waals surface area contributed by atoms with Crippen molar-refractivity contribution >= 4 is 17.3 Å². The molecule has 4 nitrogen and oxygen atoms in total. The van der Waals surface area contributed by atoms with Crippen molar-refractivity contribution in [2.45, 2.75) is 25.7 Å². The van der Waals surface area contributed by atoms with Crippen LogP contribution in [-0.2, 0) is 9.47 Å². The van der Waals surface area contributed by atoms with Crippen LogP contribution in [0.5, 0.6) is 5.75 Å². The molecule has 0 aliphatic carbocycles. The number of benzene rings is 1. The second-order valence-corrected chi connectivity index (χ2v) is 4.86. The molecular formula is C12H16ClNO3. The van der Waals surface area contributed by atoms with Gasteiger partial charge < -0.3 is 19.9 Å². The van der Waals surface area contributed by atoms with E-state index in [1.165, 1.54) is 0 Å². The third-order valence-electron chi connectivity index (χ3n) is 2.45. The van der Waals surface area contributed by atoms with E-state index in [-0.39, 0.29) is 6.10 Å². The van der Waals surface area contributed by atoms with Gasteiger partial charge in [0.15, 0.2) is 5.79 Å². The molecule has 17 heavy (non-hydrogen) atoms. The van der Waals surface area contributed by atoms with Crippen molar-refractivity contribution in [1.29, 1.82) is 0 Å². The fourth-order valence-corrected chi connectivity index (χ4v) is 1.83. The summed E-state index contributed by atoms with van der Waals surface area (Å²) in [4.78, 5) is 0. The van der Waals surface area contributed by atoms with Gasteiger partial charge in [-0.15, -0.1) is 0 Å². The van der Waals surface area contributed by atoms with Crippen LogP contribution in [-0.4, -0.2) is 25.1 Å². The molecule has 1 atom stereocenters. The smallest absolute Gasteiger partial charge is 0.163 e. The zero-order chi connectivity index (χ0) is 12.5. The average Bonchev–Trinajstić information content (AvgIpc) is 2.60. The Kier molecular flexibility index (Phi) is 3.47. The van der Waals surface area contributed by atoms with Gasteiger partial charge in [0.2, 0.25) is 0 Å². The van der Waals surface area contributed by atoms with Crippen LogP contribution in [0.2, 0.25) is 5.02 Å². The van der Waals surface area contributed by atoms with Gasteiger partial charge in [0, 0.05) is 11.8 Å². The Balaban J connectivity index is 1.92. The summed E-state index contributed by atoms with van der Waals surface area (Å²) in [7, 11) is 0. The fraction of sp³-hybridized carbons (Fsp3) is 0.500. The van der Waals surface area contributed by atoms with E-state index in [4.69, 9.17) is 31.5 Å². The normalized spacial score (nSPS) is 22.6. The van der Waals surface area contributed by atoms with Crippen molar-refractivity contribution in [3.8, 4) is 5.75 Å². The molecule has 94 valence electrons. The molecule has 2 rings (SSSR count). The minimum atomic E-state index is -0.534. The molecule has 1 saturated heterocycles. The highest BCUT2D eigenvalue weighted by molar-refractivity contribution is 6.32. The van der Waals surface area contributed by atoms with Gasteiger partial charge >= 0.3 is 0 Å². The maximum absolute atomic E-state index is 5.99. The molecular weight excluding hydrogens is 242 g/mol. The highest BCUT2D eigenvalue weighted by Crippen LogP contribution is 2.28.